The predicted octanol–water partition coefficient (Wildman–Crippen LogP) is 2.08. The Hall–Kier alpha value is -2.09. The zero-order valence-electron chi connectivity index (χ0n) is 12.9. The van der Waals surface area contributed by atoms with Gasteiger partial charge in [-0.1, -0.05) is 30.3 Å². The monoisotopic (exact) mass is 332 g/mol. The molecule has 0 aromatic heterocycles. The fourth-order valence-electron chi connectivity index (χ4n) is 1.95. The van der Waals surface area contributed by atoms with E-state index in [2.05, 4.69) is 0 Å². The number of carbonyl (C=O) groups excluding carboxylic acids is 2. The first-order valence-corrected chi connectivity index (χ1v) is 6.96. The highest BCUT2D eigenvalue weighted by atomic mass is 19.4. The zero-order chi connectivity index (χ0) is 17.5. The van der Waals surface area contributed by atoms with Crippen molar-refractivity contribution >= 4 is 11.8 Å². The number of halogens is 3. The van der Waals surface area contributed by atoms with Gasteiger partial charge in [0.1, 0.15) is 0 Å². The number of nitrogens with zero attached hydrogens (tertiary/aromatic N) is 1. The molecule has 1 N–H and O–H groups in total. The topological polar surface area (TPSA) is 58.6 Å². The van der Waals surface area contributed by atoms with Crippen LogP contribution < -0.4 is 5.32 Å². The molecule has 1 aromatic carbocycles. The highest BCUT2D eigenvalue weighted by Gasteiger charge is 2.39. The van der Waals surface area contributed by atoms with Crippen LogP contribution >= 0.6 is 0 Å². The highest BCUT2D eigenvalue weighted by Crippen LogP contribution is 2.16. The largest absolute Gasteiger partial charge is 0.471 e. The van der Waals surface area contributed by atoms with Gasteiger partial charge in [-0.2, -0.15) is 13.2 Å². The van der Waals surface area contributed by atoms with E-state index in [1.165, 1.54) is 14.2 Å². The van der Waals surface area contributed by atoms with E-state index in [1.807, 2.05) is 5.32 Å². The maximum absolute atomic E-state index is 12.4. The van der Waals surface area contributed by atoms with Crippen molar-refractivity contribution in [1.82, 2.24) is 10.4 Å². The Balaban J connectivity index is 2.72. The van der Waals surface area contributed by atoms with Crippen molar-refractivity contribution in [2.24, 2.45) is 0 Å². The van der Waals surface area contributed by atoms with Crippen molar-refractivity contribution in [3.05, 3.63) is 35.9 Å². The summed E-state index contributed by atoms with van der Waals surface area (Å²) < 4.78 is 37.3. The highest BCUT2D eigenvalue weighted by molar-refractivity contribution is 5.82. The molecular formula is C15H19F3N2O3. The SMILES string of the molecule is CON(C)C(=O)CC[C@@H](Cc1ccccc1)NC(=O)C(F)(F)F. The Morgan fingerprint density at radius 3 is 2.39 bits per heavy atom. The lowest BCUT2D eigenvalue weighted by molar-refractivity contribution is -0.174. The third kappa shape index (κ3) is 6.68. The smallest absolute Gasteiger partial charge is 0.345 e. The molecule has 0 aliphatic carbocycles. The molecule has 23 heavy (non-hydrogen) atoms. The quantitative estimate of drug-likeness (QED) is 0.778. The zero-order valence-corrected chi connectivity index (χ0v) is 12.9. The van der Waals surface area contributed by atoms with Gasteiger partial charge in [-0.3, -0.25) is 14.4 Å². The lowest BCUT2D eigenvalue weighted by atomic mass is 10.0. The van der Waals surface area contributed by atoms with Gasteiger partial charge in [0.2, 0.25) is 5.91 Å². The van der Waals surface area contributed by atoms with Gasteiger partial charge in [-0.15, -0.1) is 0 Å². The molecule has 0 radical (unpaired) electrons. The van der Waals surface area contributed by atoms with Crippen molar-refractivity contribution in [2.45, 2.75) is 31.5 Å². The third-order valence-electron chi connectivity index (χ3n) is 3.25. The Morgan fingerprint density at radius 1 is 1.26 bits per heavy atom. The van der Waals surface area contributed by atoms with Gasteiger partial charge in [0, 0.05) is 19.5 Å². The second kappa shape index (κ2) is 8.52. The molecule has 5 nitrogen and oxygen atoms in total. The van der Waals surface area contributed by atoms with Crippen LogP contribution in [-0.2, 0) is 20.8 Å². The van der Waals surface area contributed by atoms with Crippen LogP contribution in [0.3, 0.4) is 0 Å². The molecule has 0 saturated carbocycles. The molecule has 0 aliphatic heterocycles. The number of carbonyl (C=O) groups is 2. The minimum absolute atomic E-state index is 0.0417. The van der Waals surface area contributed by atoms with Crippen LogP contribution in [0.25, 0.3) is 0 Å². The first kappa shape index (κ1) is 19.0. The van der Waals surface area contributed by atoms with Crippen LogP contribution in [0.15, 0.2) is 30.3 Å². The van der Waals surface area contributed by atoms with Crippen molar-refractivity contribution in [1.29, 1.82) is 0 Å². The Bertz CT molecular complexity index is 520. The standard InChI is InChI=1S/C15H19F3N2O3/c1-20(23-2)13(21)9-8-12(19-14(22)15(16,17)18)10-11-6-4-3-5-7-11/h3-7,12H,8-10H2,1-2H3,(H,19,22)/t12-/m0/s1. The van der Waals surface area contributed by atoms with Crippen LogP contribution in [0.4, 0.5) is 13.2 Å². The van der Waals surface area contributed by atoms with Crippen molar-refractivity contribution in [3.63, 3.8) is 0 Å². The molecule has 0 unspecified atom stereocenters. The summed E-state index contributed by atoms with van der Waals surface area (Å²) in [7, 11) is 2.72. The summed E-state index contributed by atoms with van der Waals surface area (Å²) in [4.78, 5) is 27.5. The number of hydroxylamine groups is 2. The summed E-state index contributed by atoms with van der Waals surface area (Å²) in [6, 6.07) is 7.97. The van der Waals surface area contributed by atoms with Gasteiger partial charge in [0.15, 0.2) is 0 Å². The lowest BCUT2D eigenvalue weighted by Gasteiger charge is -2.21. The minimum Gasteiger partial charge on any atom is -0.345 e. The van der Waals surface area contributed by atoms with Crippen LogP contribution in [0, 0.1) is 0 Å². The molecule has 128 valence electrons. The maximum atomic E-state index is 12.4. The summed E-state index contributed by atoms with van der Waals surface area (Å²) >= 11 is 0. The molecule has 0 spiro atoms. The first-order chi connectivity index (χ1) is 10.7. The van der Waals surface area contributed by atoms with E-state index >= 15 is 0 Å². The number of nitrogens with one attached hydrogen (secondary N) is 1. The van der Waals surface area contributed by atoms with Crippen LogP contribution in [0.1, 0.15) is 18.4 Å². The van der Waals surface area contributed by atoms with Gasteiger partial charge in [0.25, 0.3) is 0 Å². The molecule has 1 atom stereocenters. The van der Waals surface area contributed by atoms with Gasteiger partial charge < -0.3 is 5.32 Å². The predicted molar refractivity (Wildman–Crippen MR) is 77.1 cm³/mol. The van der Waals surface area contributed by atoms with Crippen molar-refractivity contribution in [3.8, 4) is 0 Å². The molecule has 0 fully saturated rings. The molecule has 8 heteroatoms. The van der Waals surface area contributed by atoms with Gasteiger partial charge in [-0.05, 0) is 18.4 Å². The average Bonchev–Trinajstić information content (AvgIpc) is 2.51. The summed E-state index contributed by atoms with van der Waals surface area (Å²) in [5.41, 5.74) is 0.771. The van der Waals surface area contributed by atoms with Gasteiger partial charge in [-0.25, -0.2) is 5.06 Å². The Kier molecular flexibility index (Phi) is 7.02. The molecule has 0 bridgehead atoms. The van der Waals surface area contributed by atoms with Crippen LogP contribution in [-0.4, -0.2) is 43.3 Å². The Morgan fingerprint density at radius 2 is 1.87 bits per heavy atom. The number of alkyl halides is 3. The summed E-state index contributed by atoms with van der Waals surface area (Å²) in [6.45, 7) is 0. The van der Waals surface area contributed by atoms with E-state index < -0.39 is 18.1 Å². The lowest BCUT2D eigenvalue weighted by Crippen LogP contribution is -2.44. The van der Waals surface area contributed by atoms with Crippen molar-refractivity contribution in [2.75, 3.05) is 14.2 Å². The Labute approximate surface area is 132 Å². The van der Waals surface area contributed by atoms with E-state index in [0.29, 0.717) is 0 Å². The van der Waals surface area contributed by atoms with Crippen LogP contribution in [0.2, 0.25) is 0 Å². The second-order valence-corrected chi connectivity index (χ2v) is 4.97. The van der Waals surface area contributed by atoms with E-state index in [4.69, 9.17) is 4.84 Å². The van der Waals surface area contributed by atoms with Crippen molar-refractivity contribution < 1.29 is 27.6 Å². The second-order valence-electron chi connectivity index (χ2n) is 4.97. The van der Waals surface area contributed by atoms with Gasteiger partial charge in [0.05, 0.1) is 7.11 Å². The molecule has 2 amide bonds. The number of hydrogen-bond donors (Lipinski definition) is 1. The number of amides is 2. The number of rotatable bonds is 7. The maximum Gasteiger partial charge on any atom is 0.471 e. The normalized spacial score (nSPS) is 12.6. The van der Waals surface area contributed by atoms with Gasteiger partial charge >= 0.3 is 12.1 Å². The molecule has 0 saturated heterocycles. The number of benzene rings is 1. The minimum atomic E-state index is -4.96. The molecule has 0 heterocycles. The molecule has 1 aromatic rings. The number of hydrogen-bond acceptors (Lipinski definition) is 3. The first-order valence-electron chi connectivity index (χ1n) is 6.96. The fraction of sp³-hybridized carbons (Fsp3) is 0.467. The van der Waals surface area contributed by atoms with E-state index in [1.54, 1.807) is 30.3 Å². The summed E-state index contributed by atoms with van der Waals surface area (Å²) in [5.74, 6) is -2.39. The average molecular weight is 332 g/mol. The molecule has 1 rings (SSSR count). The third-order valence-corrected chi connectivity index (χ3v) is 3.25. The molecule has 0 aliphatic rings. The van der Waals surface area contributed by atoms with E-state index in [-0.39, 0.29) is 25.2 Å². The van der Waals surface area contributed by atoms with Crippen LogP contribution in [0.5, 0.6) is 0 Å². The molecular weight excluding hydrogens is 313 g/mol. The summed E-state index contributed by atoms with van der Waals surface area (Å²) in [5, 5.41) is 2.93. The van der Waals surface area contributed by atoms with E-state index in [0.717, 1.165) is 10.6 Å². The van der Waals surface area contributed by atoms with E-state index in [9.17, 15) is 22.8 Å². The fourth-order valence-corrected chi connectivity index (χ4v) is 1.95. The summed E-state index contributed by atoms with van der Waals surface area (Å²) in [6.07, 6.45) is -4.72.